The van der Waals surface area contributed by atoms with Crippen LogP contribution in [0.1, 0.15) is 24.9 Å². The number of anilines is 2. The molecule has 1 aliphatic heterocycles. The lowest BCUT2D eigenvalue weighted by atomic mass is 9.74. The van der Waals surface area contributed by atoms with Gasteiger partial charge in [-0.1, -0.05) is 19.1 Å². The Bertz CT molecular complexity index is 1060. The van der Waals surface area contributed by atoms with E-state index in [-0.39, 0.29) is 11.7 Å². The van der Waals surface area contributed by atoms with Gasteiger partial charge in [-0.05, 0) is 42.7 Å². The van der Waals surface area contributed by atoms with E-state index in [1.54, 1.807) is 14.2 Å². The van der Waals surface area contributed by atoms with Crippen LogP contribution in [0.5, 0.6) is 11.5 Å². The molecule has 7 nitrogen and oxygen atoms in total. The van der Waals surface area contributed by atoms with E-state index in [0.29, 0.717) is 23.5 Å². The number of para-hydroxylation sites is 2. The van der Waals surface area contributed by atoms with Crippen LogP contribution in [0.2, 0.25) is 0 Å². The Labute approximate surface area is 181 Å². The number of esters is 1. The number of rotatable bonds is 4. The third-order valence-corrected chi connectivity index (χ3v) is 5.97. The van der Waals surface area contributed by atoms with Crippen LogP contribution in [0.15, 0.2) is 53.7 Å². The van der Waals surface area contributed by atoms with Crippen molar-refractivity contribution in [1.82, 2.24) is 0 Å². The summed E-state index contributed by atoms with van der Waals surface area (Å²) in [4.78, 5) is 26.2. The zero-order valence-corrected chi connectivity index (χ0v) is 18.0. The number of Topliss-reactive ketones (excluding diaryl/α,β-unsaturated/α-hetero) is 1. The summed E-state index contributed by atoms with van der Waals surface area (Å²) in [6.45, 7) is 1.90. The third kappa shape index (κ3) is 3.60. The molecule has 2 aliphatic rings. The summed E-state index contributed by atoms with van der Waals surface area (Å²) in [6.07, 6.45) is 0.541. The molecule has 0 saturated heterocycles. The predicted octanol–water partition coefficient (Wildman–Crippen LogP) is 3.93. The Kier molecular flexibility index (Phi) is 5.59. The first kappa shape index (κ1) is 20.8. The lowest BCUT2D eigenvalue weighted by Gasteiger charge is -2.32. The van der Waals surface area contributed by atoms with E-state index >= 15 is 0 Å². The molecule has 1 heterocycles. The van der Waals surface area contributed by atoms with E-state index in [9.17, 15) is 9.59 Å². The average Bonchev–Trinajstić information content (AvgIpc) is 2.94. The summed E-state index contributed by atoms with van der Waals surface area (Å²) in [5, 5.41) is 6.93. The van der Waals surface area contributed by atoms with Crippen molar-refractivity contribution in [2.24, 2.45) is 11.8 Å². The highest BCUT2D eigenvalue weighted by Crippen LogP contribution is 2.46. The highest BCUT2D eigenvalue weighted by atomic mass is 16.5. The van der Waals surface area contributed by atoms with Crippen LogP contribution in [0.3, 0.4) is 0 Å². The van der Waals surface area contributed by atoms with Gasteiger partial charge in [0, 0.05) is 16.8 Å². The first-order valence-corrected chi connectivity index (χ1v) is 10.2. The number of hydrogen-bond donors (Lipinski definition) is 2. The number of allylic oxidation sites excluding steroid dienone is 1. The van der Waals surface area contributed by atoms with Gasteiger partial charge in [-0.25, -0.2) is 0 Å². The molecule has 0 bridgehead atoms. The van der Waals surface area contributed by atoms with E-state index in [1.165, 1.54) is 7.11 Å². The Morgan fingerprint density at radius 1 is 1.03 bits per heavy atom. The molecule has 3 atom stereocenters. The van der Waals surface area contributed by atoms with Gasteiger partial charge in [-0.2, -0.15) is 0 Å². The zero-order chi connectivity index (χ0) is 22.1. The molecule has 0 fully saturated rings. The molecular formula is C24H26N2O5. The fraction of sp³-hybridized carbons (Fsp3) is 0.333. The van der Waals surface area contributed by atoms with Gasteiger partial charge in [0.1, 0.15) is 17.4 Å². The van der Waals surface area contributed by atoms with Gasteiger partial charge in [0.2, 0.25) is 0 Å². The molecule has 1 aliphatic carbocycles. The van der Waals surface area contributed by atoms with Crippen molar-refractivity contribution in [1.29, 1.82) is 0 Å². The number of carbonyl (C=O) groups is 2. The van der Waals surface area contributed by atoms with Crippen LogP contribution in [-0.2, 0) is 14.3 Å². The topological polar surface area (TPSA) is 85.9 Å². The molecule has 0 saturated carbocycles. The van der Waals surface area contributed by atoms with Gasteiger partial charge < -0.3 is 24.8 Å². The maximum Gasteiger partial charge on any atom is 0.316 e. The quantitative estimate of drug-likeness (QED) is 0.570. The summed E-state index contributed by atoms with van der Waals surface area (Å²) >= 11 is 0. The maximum atomic E-state index is 13.7. The number of carbonyl (C=O) groups excluding carboxylic acids is 2. The largest absolute Gasteiger partial charge is 0.497 e. The molecule has 2 aromatic rings. The van der Waals surface area contributed by atoms with Crippen LogP contribution < -0.4 is 20.1 Å². The molecule has 2 aromatic carbocycles. The van der Waals surface area contributed by atoms with E-state index < -0.39 is 17.9 Å². The van der Waals surface area contributed by atoms with Crippen molar-refractivity contribution in [2.75, 3.05) is 32.0 Å². The molecule has 2 N–H and O–H groups in total. The van der Waals surface area contributed by atoms with Crippen molar-refractivity contribution < 1.29 is 23.8 Å². The highest BCUT2D eigenvalue weighted by Gasteiger charge is 2.44. The lowest BCUT2D eigenvalue weighted by Crippen LogP contribution is -2.39. The van der Waals surface area contributed by atoms with Crippen LogP contribution >= 0.6 is 0 Å². The molecule has 162 valence electrons. The average molecular weight is 422 g/mol. The summed E-state index contributed by atoms with van der Waals surface area (Å²) in [6, 6.07) is 12.7. The monoisotopic (exact) mass is 422 g/mol. The van der Waals surface area contributed by atoms with Crippen molar-refractivity contribution in [3.8, 4) is 11.5 Å². The van der Waals surface area contributed by atoms with Gasteiger partial charge in [0.15, 0.2) is 5.78 Å². The molecular weight excluding hydrogens is 396 g/mol. The minimum atomic E-state index is -0.854. The van der Waals surface area contributed by atoms with Crippen LogP contribution in [0.25, 0.3) is 0 Å². The van der Waals surface area contributed by atoms with E-state index in [1.807, 2.05) is 49.4 Å². The second-order valence-corrected chi connectivity index (χ2v) is 7.79. The first-order valence-electron chi connectivity index (χ1n) is 10.2. The first-order chi connectivity index (χ1) is 15.0. The fourth-order valence-corrected chi connectivity index (χ4v) is 4.43. The Balaban J connectivity index is 1.93. The Morgan fingerprint density at radius 2 is 1.77 bits per heavy atom. The summed E-state index contributed by atoms with van der Waals surface area (Å²) in [7, 11) is 4.49. The van der Waals surface area contributed by atoms with Crippen molar-refractivity contribution in [2.45, 2.75) is 19.4 Å². The number of fused-ring (bicyclic) bond motifs is 1. The van der Waals surface area contributed by atoms with Gasteiger partial charge >= 0.3 is 5.97 Å². The fourth-order valence-electron chi connectivity index (χ4n) is 4.43. The molecule has 0 spiro atoms. The highest BCUT2D eigenvalue weighted by molar-refractivity contribution is 6.11. The summed E-state index contributed by atoms with van der Waals surface area (Å²) < 4.78 is 16.0. The predicted molar refractivity (Wildman–Crippen MR) is 117 cm³/mol. The van der Waals surface area contributed by atoms with Crippen LogP contribution in [-0.4, -0.2) is 33.1 Å². The maximum absolute atomic E-state index is 13.7. The van der Waals surface area contributed by atoms with Gasteiger partial charge in [0.25, 0.3) is 0 Å². The Hall–Kier alpha value is -3.48. The van der Waals surface area contributed by atoms with Crippen molar-refractivity contribution in [3.63, 3.8) is 0 Å². The minimum absolute atomic E-state index is 0.190. The molecule has 0 amide bonds. The van der Waals surface area contributed by atoms with Gasteiger partial charge in [-0.15, -0.1) is 0 Å². The van der Waals surface area contributed by atoms with Crippen molar-refractivity contribution >= 4 is 23.1 Å². The molecule has 31 heavy (non-hydrogen) atoms. The molecule has 0 aromatic heterocycles. The SMILES string of the molecule is COC(=O)[C@@H]1C(=O)C2=C(C[C@H]1C)Nc1ccccc1N[C@@H]2c1cc(OC)ccc1OC. The molecule has 0 radical (unpaired) electrons. The summed E-state index contributed by atoms with van der Waals surface area (Å²) in [5.74, 6) is -0.542. The van der Waals surface area contributed by atoms with Crippen molar-refractivity contribution in [3.05, 3.63) is 59.3 Å². The number of methoxy groups -OCH3 is 3. The smallest absolute Gasteiger partial charge is 0.316 e. The Morgan fingerprint density at radius 3 is 2.45 bits per heavy atom. The number of benzene rings is 2. The third-order valence-electron chi connectivity index (χ3n) is 5.97. The number of nitrogens with one attached hydrogen (secondary N) is 2. The molecule has 4 rings (SSSR count). The minimum Gasteiger partial charge on any atom is -0.497 e. The van der Waals surface area contributed by atoms with E-state index in [2.05, 4.69) is 10.6 Å². The molecule has 0 unspecified atom stereocenters. The van der Waals surface area contributed by atoms with Crippen LogP contribution in [0.4, 0.5) is 11.4 Å². The number of ether oxygens (including phenoxy) is 3. The van der Waals surface area contributed by atoms with E-state index in [0.717, 1.165) is 22.6 Å². The van der Waals surface area contributed by atoms with Crippen LogP contribution in [0, 0.1) is 11.8 Å². The van der Waals surface area contributed by atoms with Gasteiger partial charge in [0.05, 0.1) is 38.7 Å². The lowest BCUT2D eigenvalue weighted by molar-refractivity contribution is -0.151. The normalized spacial score (nSPS) is 22.3. The summed E-state index contributed by atoms with van der Waals surface area (Å²) in [5.41, 5.74) is 3.78. The standard InChI is InChI=1S/C24H26N2O5/c1-13-11-18-21(23(27)20(13)24(28)31-4)22(26-17-8-6-5-7-16(17)25-18)15-12-14(29-2)9-10-19(15)30-3/h5-10,12-13,20,22,25-26H,11H2,1-4H3/t13-,20+,22-/m1/s1. The molecule has 7 heteroatoms. The zero-order valence-electron chi connectivity index (χ0n) is 18.0. The number of ketones is 1. The second-order valence-electron chi connectivity index (χ2n) is 7.79. The van der Waals surface area contributed by atoms with Gasteiger partial charge in [-0.3, -0.25) is 9.59 Å². The second kappa shape index (κ2) is 8.34. The number of hydrogen-bond acceptors (Lipinski definition) is 7. The van der Waals surface area contributed by atoms with E-state index in [4.69, 9.17) is 14.2 Å².